The van der Waals surface area contributed by atoms with Crippen LogP contribution in [0.4, 0.5) is 0 Å². The Morgan fingerprint density at radius 3 is 2.58 bits per heavy atom. The fourth-order valence-electron chi connectivity index (χ4n) is 3.40. The lowest BCUT2D eigenvalue weighted by molar-refractivity contribution is 0.0949. The van der Waals surface area contributed by atoms with Gasteiger partial charge in [0.15, 0.2) is 17.2 Å². The van der Waals surface area contributed by atoms with E-state index in [4.69, 9.17) is 10.1 Å². The fourth-order valence-corrected chi connectivity index (χ4v) is 3.40. The van der Waals surface area contributed by atoms with E-state index in [9.17, 15) is 9.59 Å². The van der Waals surface area contributed by atoms with Crippen LogP contribution in [0, 0.1) is 5.41 Å². The average molecular weight is 489 g/mol. The number of aromatic nitrogens is 1. The summed E-state index contributed by atoms with van der Waals surface area (Å²) in [6.45, 7) is 9.00. The SMILES string of the molecule is Br.CCOc1cc2c(nc1C(=O)NC)C(=N)N(CC(=O)c1cccc(C(C)(C)C)c1)C2. The first-order valence-corrected chi connectivity index (χ1v) is 10.0. The van der Waals surface area contributed by atoms with Crippen molar-refractivity contribution in [2.24, 2.45) is 0 Å². The number of pyridine rings is 1. The van der Waals surface area contributed by atoms with Gasteiger partial charge in [0.25, 0.3) is 5.91 Å². The monoisotopic (exact) mass is 488 g/mol. The van der Waals surface area contributed by atoms with Gasteiger partial charge in [-0.2, -0.15) is 0 Å². The van der Waals surface area contributed by atoms with Crippen molar-refractivity contribution in [1.82, 2.24) is 15.2 Å². The summed E-state index contributed by atoms with van der Waals surface area (Å²) in [5.74, 6) is 0.0887. The van der Waals surface area contributed by atoms with Crippen LogP contribution in [0.25, 0.3) is 0 Å². The average Bonchev–Trinajstić information content (AvgIpc) is 3.01. The highest BCUT2D eigenvalue weighted by molar-refractivity contribution is 8.93. The van der Waals surface area contributed by atoms with Crippen LogP contribution in [0.2, 0.25) is 0 Å². The maximum absolute atomic E-state index is 12.9. The number of carbonyl (C=O) groups excluding carboxylic acids is 2. The lowest BCUT2D eigenvalue weighted by atomic mass is 9.86. The van der Waals surface area contributed by atoms with Crippen molar-refractivity contribution in [3.63, 3.8) is 0 Å². The van der Waals surface area contributed by atoms with Gasteiger partial charge in [0.2, 0.25) is 0 Å². The molecule has 0 unspecified atom stereocenters. The third kappa shape index (κ3) is 5.12. The van der Waals surface area contributed by atoms with Crippen LogP contribution in [0.5, 0.6) is 5.75 Å². The Hall–Kier alpha value is -2.74. The van der Waals surface area contributed by atoms with Gasteiger partial charge < -0.3 is 15.0 Å². The van der Waals surface area contributed by atoms with E-state index in [-0.39, 0.29) is 52.2 Å². The number of halogens is 1. The molecule has 2 N–H and O–H groups in total. The molecule has 31 heavy (non-hydrogen) atoms. The molecule has 0 saturated carbocycles. The Labute approximate surface area is 193 Å². The number of rotatable bonds is 6. The maximum atomic E-state index is 12.9. The molecule has 0 atom stereocenters. The molecule has 3 rings (SSSR count). The number of benzene rings is 1. The van der Waals surface area contributed by atoms with E-state index in [0.717, 1.165) is 11.1 Å². The third-order valence-corrected chi connectivity index (χ3v) is 5.10. The van der Waals surface area contributed by atoms with Crippen LogP contribution in [0.1, 0.15) is 65.4 Å². The quantitative estimate of drug-likeness (QED) is 0.603. The zero-order valence-corrected chi connectivity index (χ0v) is 20.2. The topological polar surface area (TPSA) is 95.4 Å². The van der Waals surface area contributed by atoms with Crippen LogP contribution >= 0.6 is 17.0 Å². The van der Waals surface area contributed by atoms with E-state index in [1.807, 2.05) is 25.1 Å². The van der Waals surface area contributed by atoms with Crippen molar-refractivity contribution >= 4 is 34.5 Å². The Bertz CT molecular complexity index is 1010. The second-order valence-corrected chi connectivity index (χ2v) is 8.31. The van der Waals surface area contributed by atoms with Crippen LogP contribution < -0.4 is 10.1 Å². The summed E-state index contributed by atoms with van der Waals surface area (Å²) in [6, 6.07) is 9.38. The fraction of sp³-hybridized carbons (Fsp3) is 0.391. The van der Waals surface area contributed by atoms with Crippen molar-refractivity contribution in [1.29, 1.82) is 5.41 Å². The van der Waals surface area contributed by atoms with Gasteiger partial charge in [-0.1, -0.05) is 39.0 Å². The number of carbonyl (C=O) groups is 2. The van der Waals surface area contributed by atoms with Gasteiger partial charge in [-0.05, 0) is 30.0 Å². The predicted octanol–water partition coefficient (Wildman–Crippen LogP) is 3.74. The van der Waals surface area contributed by atoms with E-state index in [1.54, 1.807) is 17.0 Å². The number of hydrogen-bond donors (Lipinski definition) is 2. The molecule has 166 valence electrons. The largest absolute Gasteiger partial charge is 0.491 e. The molecule has 0 radical (unpaired) electrons. The number of Topliss-reactive ketones (excluding diaryl/α,β-unsaturated/α-hetero) is 1. The molecule has 2 heterocycles. The summed E-state index contributed by atoms with van der Waals surface area (Å²) in [5.41, 5.74) is 2.99. The number of nitrogens with zero attached hydrogens (tertiary/aromatic N) is 2. The molecule has 1 aliphatic rings. The molecular weight excluding hydrogens is 460 g/mol. The van der Waals surface area contributed by atoms with E-state index in [2.05, 4.69) is 31.1 Å². The van der Waals surface area contributed by atoms with Crippen molar-refractivity contribution < 1.29 is 14.3 Å². The molecule has 0 aliphatic carbocycles. The Balaban J connectivity index is 0.00000341. The van der Waals surface area contributed by atoms with Gasteiger partial charge in [0.05, 0.1) is 13.2 Å². The van der Waals surface area contributed by atoms with Crippen molar-refractivity contribution in [2.45, 2.75) is 39.7 Å². The minimum Gasteiger partial charge on any atom is -0.491 e. The highest BCUT2D eigenvalue weighted by Crippen LogP contribution is 2.28. The summed E-state index contributed by atoms with van der Waals surface area (Å²) in [5, 5.41) is 11.0. The Morgan fingerprint density at radius 1 is 1.26 bits per heavy atom. The first-order chi connectivity index (χ1) is 14.2. The molecule has 0 spiro atoms. The molecule has 1 aliphatic heterocycles. The van der Waals surface area contributed by atoms with Crippen LogP contribution in [0.15, 0.2) is 30.3 Å². The number of ketones is 1. The van der Waals surface area contributed by atoms with E-state index in [0.29, 0.717) is 30.2 Å². The molecule has 8 heteroatoms. The number of nitrogens with one attached hydrogen (secondary N) is 2. The Kier molecular flexibility index (Phi) is 7.59. The minimum atomic E-state index is -0.373. The lowest BCUT2D eigenvalue weighted by Crippen LogP contribution is -2.30. The highest BCUT2D eigenvalue weighted by atomic mass is 79.9. The molecule has 0 fully saturated rings. The molecule has 1 aromatic carbocycles. The van der Waals surface area contributed by atoms with E-state index in [1.165, 1.54) is 7.05 Å². The normalized spacial score (nSPS) is 12.8. The standard InChI is InChI=1S/C23H28N4O3.BrH/c1-6-30-18-11-15-12-27(21(24)19(15)26-20(18)22(29)25-5)13-17(28)14-8-7-9-16(10-14)23(2,3)4;/h7-11,24H,6,12-13H2,1-5H3,(H,25,29);1H. The van der Waals surface area contributed by atoms with Gasteiger partial charge in [0.1, 0.15) is 11.5 Å². The molecule has 0 bridgehead atoms. The molecule has 0 saturated heterocycles. The third-order valence-electron chi connectivity index (χ3n) is 5.10. The van der Waals surface area contributed by atoms with Crippen LogP contribution in [-0.2, 0) is 12.0 Å². The molecule has 2 aromatic rings. The van der Waals surface area contributed by atoms with Crippen molar-refractivity contribution in [2.75, 3.05) is 20.2 Å². The second-order valence-electron chi connectivity index (χ2n) is 8.31. The van der Waals surface area contributed by atoms with Crippen molar-refractivity contribution in [3.8, 4) is 5.75 Å². The zero-order valence-electron chi connectivity index (χ0n) is 18.5. The first kappa shape index (κ1) is 24.5. The summed E-state index contributed by atoms with van der Waals surface area (Å²) >= 11 is 0. The molecular formula is C23H29BrN4O3. The molecule has 1 aromatic heterocycles. The van der Waals surface area contributed by atoms with E-state index >= 15 is 0 Å². The van der Waals surface area contributed by atoms with Gasteiger partial charge in [-0.3, -0.25) is 15.0 Å². The Morgan fingerprint density at radius 2 is 1.97 bits per heavy atom. The van der Waals surface area contributed by atoms with Crippen LogP contribution in [0.3, 0.4) is 0 Å². The zero-order chi connectivity index (χ0) is 22.1. The smallest absolute Gasteiger partial charge is 0.273 e. The minimum absolute atomic E-state index is 0. The number of amides is 1. The van der Waals surface area contributed by atoms with E-state index < -0.39 is 0 Å². The second kappa shape index (κ2) is 9.60. The first-order valence-electron chi connectivity index (χ1n) is 10.0. The maximum Gasteiger partial charge on any atom is 0.273 e. The summed E-state index contributed by atoms with van der Waals surface area (Å²) in [6.07, 6.45) is 0. The lowest BCUT2D eigenvalue weighted by Gasteiger charge is -2.20. The van der Waals surface area contributed by atoms with Gasteiger partial charge >= 0.3 is 0 Å². The van der Waals surface area contributed by atoms with Gasteiger partial charge in [-0.15, -0.1) is 17.0 Å². The van der Waals surface area contributed by atoms with Gasteiger partial charge in [0, 0.05) is 24.7 Å². The number of amidine groups is 1. The molecule has 1 amide bonds. The summed E-state index contributed by atoms with van der Waals surface area (Å²) < 4.78 is 5.57. The number of fused-ring (bicyclic) bond motifs is 1. The predicted molar refractivity (Wildman–Crippen MR) is 126 cm³/mol. The summed E-state index contributed by atoms with van der Waals surface area (Å²) in [4.78, 5) is 31.2. The highest BCUT2D eigenvalue weighted by Gasteiger charge is 2.30. The molecule has 7 nitrogen and oxygen atoms in total. The summed E-state index contributed by atoms with van der Waals surface area (Å²) in [7, 11) is 1.52. The number of hydrogen-bond acceptors (Lipinski definition) is 5. The number of ether oxygens (including phenoxy) is 1. The van der Waals surface area contributed by atoms with Gasteiger partial charge in [-0.25, -0.2) is 4.98 Å². The van der Waals surface area contributed by atoms with Crippen molar-refractivity contribution in [3.05, 3.63) is 58.4 Å². The van der Waals surface area contributed by atoms with Crippen LogP contribution in [-0.4, -0.2) is 47.6 Å².